The van der Waals surface area contributed by atoms with Crippen molar-refractivity contribution < 1.29 is 23.1 Å². The Bertz CT molecular complexity index is 1040. The van der Waals surface area contributed by atoms with Crippen molar-refractivity contribution in [2.24, 2.45) is 5.92 Å². The van der Waals surface area contributed by atoms with E-state index in [1.54, 1.807) is 0 Å². The van der Waals surface area contributed by atoms with Crippen molar-refractivity contribution in [3.63, 3.8) is 0 Å². The van der Waals surface area contributed by atoms with Crippen molar-refractivity contribution in [2.45, 2.75) is 96.5 Å². The fourth-order valence-corrected chi connectivity index (χ4v) is 5.81. The Labute approximate surface area is 198 Å². The lowest BCUT2D eigenvalue weighted by Gasteiger charge is -2.47. The van der Waals surface area contributed by atoms with Gasteiger partial charge in [0.25, 0.3) is 5.91 Å². The average molecular weight is 478 g/mol. The van der Waals surface area contributed by atoms with Crippen LogP contribution in [0.2, 0.25) is 0 Å². The first-order valence-corrected chi connectivity index (χ1v) is 13.9. The highest BCUT2D eigenvalue weighted by Crippen LogP contribution is 2.55. The lowest BCUT2D eigenvalue weighted by Crippen LogP contribution is -2.46. The molecular weight excluding hydrogens is 438 g/mol. The molecule has 1 amide bonds. The monoisotopic (exact) mass is 477 g/mol. The second-order valence-corrected chi connectivity index (χ2v) is 12.6. The number of ether oxygens (including phenoxy) is 1. The number of carbonyl (C=O) groups is 1. The van der Waals surface area contributed by atoms with E-state index in [4.69, 9.17) is 4.74 Å². The third-order valence-electron chi connectivity index (χ3n) is 7.31. The third-order valence-corrected chi connectivity index (χ3v) is 7.86. The number of rotatable bonds is 8. The quantitative estimate of drug-likeness (QED) is 0.495. The number of aromatic hydroxyl groups is 1. The van der Waals surface area contributed by atoms with Crippen LogP contribution in [0.1, 0.15) is 96.6 Å². The van der Waals surface area contributed by atoms with E-state index in [2.05, 4.69) is 31.6 Å². The maximum Gasteiger partial charge on any atom is 0.260 e. The molecule has 7 heteroatoms. The number of phenols is 1. The van der Waals surface area contributed by atoms with E-state index in [1.165, 1.54) is 19.3 Å². The SMILES string of the molecule is CCCCCCC(C)(C)c1cc(O)c2c(c1)OC(C)(C)[C@@H]1CC=C(C(=O)NS(C)(=O)=O)C[C@@H]21. The van der Waals surface area contributed by atoms with Crippen LogP contribution in [0.25, 0.3) is 0 Å². The summed E-state index contributed by atoms with van der Waals surface area (Å²) >= 11 is 0. The highest BCUT2D eigenvalue weighted by Gasteiger charge is 2.47. The largest absolute Gasteiger partial charge is 0.508 e. The summed E-state index contributed by atoms with van der Waals surface area (Å²) in [6.07, 6.45) is 9.52. The molecule has 0 aromatic heterocycles. The Morgan fingerprint density at radius 2 is 1.94 bits per heavy atom. The number of carbonyl (C=O) groups excluding carboxylic acids is 1. The number of hydrogen-bond donors (Lipinski definition) is 2. The molecular formula is C26H39NO5S. The first kappa shape index (κ1) is 25.6. The smallest absolute Gasteiger partial charge is 0.260 e. The number of sulfonamides is 1. The lowest BCUT2D eigenvalue weighted by molar-refractivity contribution is -0.116. The zero-order valence-corrected chi connectivity index (χ0v) is 21.6. The van der Waals surface area contributed by atoms with Crippen LogP contribution < -0.4 is 9.46 Å². The van der Waals surface area contributed by atoms with Gasteiger partial charge in [-0.3, -0.25) is 4.79 Å². The van der Waals surface area contributed by atoms with E-state index in [9.17, 15) is 18.3 Å². The molecule has 1 heterocycles. The van der Waals surface area contributed by atoms with E-state index in [0.717, 1.165) is 30.2 Å². The molecule has 2 aliphatic rings. The predicted octanol–water partition coefficient (Wildman–Crippen LogP) is 5.31. The van der Waals surface area contributed by atoms with Crippen LogP contribution in [-0.2, 0) is 20.2 Å². The summed E-state index contributed by atoms with van der Waals surface area (Å²) in [7, 11) is -3.64. The van der Waals surface area contributed by atoms with Crippen LogP contribution in [-0.4, -0.2) is 31.3 Å². The predicted molar refractivity (Wildman–Crippen MR) is 131 cm³/mol. The van der Waals surface area contributed by atoms with Gasteiger partial charge in [-0.1, -0.05) is 52.5 Å². The molecule has 1 aromatic carbocycles. The zero-order chi connectivity index (χ0) is 24.6. The summed E-state index contributed by atoms with van der Waals surface area (Å²) in [5.74, 6) is 0.211. The number of fused-ring (bicyclic) bond motifs is 3. The van der Waals surface area contributed by atoms with Crippen LogP contribution in [0.3, 0.4) is 0 Å². The molecule has 33 heavy (non-hydrogen) atoms. The third kappa shape index (κ3) is 5.73. The molecule has 3 rings (SSSR count). The van der Waals surface area contributed by atoms with Crippen molar-refractivity contribution in [3.05, 3.63) is 34.9 Å². The Balaban J connectivity index is 1.93. The van der Waals surface area contributed by atoms with E-state index in [1.807, 2.05) is 26.0 Å². The van der Waals surface area contributed by atoms with Crippen LogP contribution in [0.5, 0.6) is 11.5 Å². The molecule has 1 aromatic rings. The minimum atomic E-state index is -3.64. The number of unbranched alkanes of at least 4 members (excludes halogenated alkanes) is 3. The first-order valence-electron chi connectivity index (χ1n) is 12.0. The maximum atomic E-state index is 12.5. The van der Waals surface area contributed by atoms with E-state index in [-0.39, 0.29) is 23.0 Å². The van der Waals surface area contributed by atoms with Crippen LogP contribution in [0, 0.1) is 5.92 Å². The van der Waals surface area contributed by atoms with E-state index >= 15 is 0 Å². The Morgan fingerprint density at radius 1 is 1.24 bits per heavy atom. The summed E-state index contributed by atoms with van der Waals surface area (Å²) in [6.45, 7) is 10.7. The average Bonchev–Trinajstić information content (AvgIpc) is 2.68. The van der Waals surface area contributed by atoms with Gasteiger partial charge in [0.1, 0.15) is 17.1 Å². The van der Waals surface area contributed by atoms with E-state index in [0.29, 0.717) is 24.2 Å². The molecule has 1 aliphatic heterocycles. The lowest BCUT2D eigenvalue weighted by atomic mass is 9.66. The van der Waals surface area contributed by atoms with Crippen molar-refractivity contribution in [1.29, 1.82) is 0 Å². The Kier molecular flexibility index (Phi) is 7.23. The van der Waals surface area contributed by atoms with Gasteiger partial charge in [-0.15, -0.1) is 0 Å². The van der Waals surface area contributed by atoms with Gasteiger partial charge >= 0.3 is 0 Å². The Hall–Kier alpha value is -2.02. The second kappa shape index (κ2) is 9.32. The molecule has 0 unspecified atom stereocenters. The molecule has 0 spiro atoms. The molecule has 0 bridgehead atoms. The van der Waals surface area contributed by atoms with Gasteiger partial charge in [-0.2, -0.15) is 0 Å². The topological polar surface area (TPSA) is 92.7 Å². The Morgan fingerprint density at radius 3 is 2.58 bits per heavy atom. The van der Waals surface area contributed by atoms with Crippen LogP contribution in [0.4, 0.5) is 0 Å². The second-order valence-electron chi connectivity index (χ2n) is 10.9. The standard InChI is InChI=1S/C26H39NO5S/c1-7-8-9-10-13-25(2,3)18-15-21(28)23-19-14-17(24(29)27-33(6,30)31)11-12-20(19)26(4,5)32-22(23)16-18/h11,15-16,19-20,28H,7-10,12-14H2,1-6H3,(H,27,29)/t19-,20-/m1/s1. The number of amides is 1. The number of hydrogen-bond acceptors (Lipinski definition) is 5. The summed E-state index contributed by atoms with van der Waals surface area (Å²) in [5, 5.41) is 11.1. The molecule has 184 valence electrons. The highest BCUT2D eigenvalue weighted by molar-refractivity contribution is 7.89. The summed E-state index contributed by atoms with van der Waals surface area (Å²) in [4.78, 5) is 12.5. The fraction of sp³-hybridized carbons (Fsp3) is 0.654. The minimum absolute atomic E-state index is 0.0681. The number of allylic oxidation sites excluding steroid dienone is 1. The fourth-order valence-electron chi connectivity index (χ4n) is 5.34. The summed E-state index contributed by atoms with van der Waals surface area (Å²) in [5.41, 5.74) is 1.62. The van der Waals surface area contributed by atoms with Gasteiger partial charge in [-0.05, 0) is 56.2 Å². The molecule has 0 radical (unpaired) electrons. The summed E-state index contributed by atoms with van der Waals surface area (Å²) < 4.78 is 31.6. The summed E-state index contributed by atoms with van der Waals surface area (Å²) in [6, 6.07) is 3.91. The molecule has 2 N–H and O–H groups in total. The highest BCUT2D eigenvalue weighted by atomic mass is 32.2. The van der Waals surface area contributed by atoms with Crippen LogP contribution >= 0.6 is 0 Å². The number of benzene rings is 1. The van der Waals surface area contributed by atoms with Crippen molar-refractivity contribution in [1.82, 2.24) is 4.72 Å². The molecule has 0 saturated carbocycles. The van der Waals surface area contributed by atoms with Gasteiger partial charge in [0, 0.05) is 23.0 Å². The maximum absolute atomic E-state index is 12.5. The van der Waals surface area contributed by atoms with Gasteiger partial charge in [-0.25, -0.2) is 13.1 Å². The molecule has 0 fully saturated rings. The van der Waals surface area contributed by atoms with Gasteiger partial charge < -0.3 is 9.84 Å². The zero-order valence-electron chi connectivity index (χ0n) is 20.8. The minimum Gasteiger partial charge on any atom is -0.508 e. The first-order chi connectivity index (χ1) is 15.2. The van der Waals surface area contributed by atoms with E-state index < -0.39 is 21.5 Å². The van der Waals surface area contributed by atoms with Gasteiger partial charge in [0.05, 0.1) is 6.26 Å². The van der Waals surface area contributed by atoms with Gasteiger partial charge in [0.2, 0.25) is 10.0 Å². The molecule has 0 saturated heterocycles. The molecule has 1 aliphatic carbocycles. The number of phenolic OH excluding ortho intramolecular Hbond substituents is 1. The van der Waals surface area contributed by atoms with Crippen molar-refractivity contribution in [3.8, 4) is 11.5 Å². The molecule has 2 atom stereocenters. The van der Waals surface area contributed by atoms with Crippen LogP contribution in [0.15, 0.2) is 23.8 Å². The normalized spacial score (nSPS) is 21.9. The van der Waals surface area contributed by atoms with Crippen molar-refractivity contribution in [2.75, 3.05) is 6.26 Å². The van der Waals surface area contributed by atoms with Gasteiger partial charge in [0.15, 0.2) is 0 Å². The molecule has 6 nitrogen and oxygen atoms in total. The van der Waals surface area contributed by atoms with Crippen molar-refractivity contribution >= 4 is 15.9 Å². The number of nitrogens with one attached hydrogen (secondary N) is 1.